The molecule has 3 nitrogen and oxygen atoms in total. The van der Waals surface area contributed by atoms with E-state index in [4.69, 9.17) is 17.3 Å². The number of benzene rings is 2. The number of hydrogen-bond donors (Lipinski definition) is 1. The molecule has 1 heterocycles. The van der Waals surface area contributed by atoms with Crippen LogP contribution in [-0.2, 0) is 13.0 Å². The minimum absolute atomic E-state index is 0.569. The molecule has 1 aromatic heterocycles. The quantitative estimate of drug-likeness (QED) is 0.795. The second-order valence-corrected chi connectivity index (χ2v) is 5.43. The van der Waals surface area contributed by atoms with Crippen LogP contribution in [0.2, 0.25) is 5.02 Å². The Labute approximate surface area is 123 Å². The lowest BCUT2D eigenvalue weighted by molar-refractivity contribution is 0.726. The molecule has 0 aliphatic carbocycles. The molecule has 0 fully saturated rings. The molecule has 2 N–H and O–H groups in total. The molecular formula is C16H16ClN3. The van der Waals surface area contributed by atoms with Crippen LogP contribution < -0.4 is 5.73 Å². The first kappa shape index (κ1) is 13.0. The number of nitrogens with zero attached hydrogens (tertiary/aromatic N) is 2. The number of anilines is 1. The second kappa shape index (κ2) is 5.17. The van der Waals surface area contributed by atoms with Gasteiger partial charge in [0.25, 0.3) is 0 Å². The maximum atomic E-state index is 6.02. The number of aromatic nitrogens is 2. The molecule has 102 valence electrons. The SMILES string of the molecule is Cc1ccc2nc(N)n(CCc3ccc(Cl)cc3)c2c1. The maximum Gasteiger partial charge on any atom is 0.201 e. The second-order valence-electron chi connectivity index (χ2n) is 4.99. The highest BCUT2D eigenvalue weighted by atomic mass is 35.5. The summed E-state index contributed by atoms with van der Waals surface area (Å²) in [7, 11) is 0. The Balaban J connectivity index is 1.88. The zero-order chi connectivity index (χ0) is 14.1. The van der Waals surface area contributed by atoms with Crippen molar-refractivity contribution in [3.8, 4) is 0 Å². The average Bonchev–Trinajstić information content (AvgIpc) is 2.73. The highest BCUT2D eigenvalue weighted by Gasteiger charge is 2.08. The van der Waals surface area contributed by atoms with E-state index in [0.717, 1.165) is 29.0 Å². The zero-order valence-electron chi connectivity index (χ0n) is 11.3. The van der Waals surface area contributed by atoms with Crippen molar-refractivity contribution >= 4 is 28.6 Å². The van der Waals surface area contributed by atoms with Crippen molar-refractivity contribution in [2.24, 2.45) is 0 Å². The summed E-state index contributed by atoms with van der Waals surface area (Å²) in [4.78, 5) is 4.40. The first-order valence-electron chi connectivity index (χ1n) is 6.60. The Hall–Kier alpha value is -2.00. The first-order valence-corrected chi connectivity index (χ1v) is 6.98. The Morgan fingerprint density at radius 2 is 1.90 bits per heavy atom. The van der Waals surface area contributed by atoms with Gasteiger partial charge in [0.2, 0.25) is 5.95 Å². The van der Waals surface area contributed by atoms with E-state index in [0.29, 0.717) is 5.95 Å². The van der Waals surface area contributed by atoms with E-state index < -0.39 is 0 Å². The van der Waals surface area contributed by atoms with Gasteiger partial charge in [0.1, 0.15) is 0 Å². The topological polar surface area (TPSA) is 43.8 Å². The van der Waals surface area contributed by atoms with Crippen LogP contribution in [0.5, 0.6) is 0 Å². The minimum Gasteiger partial charge on any atom is -0.369 e. The molecule has 2 aromatic carbocycles. The Kier molecular flexibility index (Phi) is 3.36. The van der Waals surface area contributed by atoms with Gasteiger partial charge in [0, 0.05) is 11.6 Å². The van der Waals surface area contributed by atoms with Crippen molar-refractivity contribution < 1.29 is 0 Å². The van der Waals surface area contributed by atoms with E-state index in [-0.39, 0.29) is 0 Å². The van der Waals surface area contributed by atoms with E-state index in [1.165, 1.54) is 11.1 Å². The van der Waals surface area contributed by atoms with Crippen LogP contribution >= 0.6 is 11.6 Å². The summed E-state index contributed by atoms with van der Waals surface area (Å²) in [5.41, 5.74) is 10.5. The van der Waals surface area contributed by atoms with Crippen molar-refractivity contribution in [2.45, 2.75) is 19.9 Å². The largest absolute Gasteiger partial charge is 0.369 e. The summed E-state index contributed by atoms with van der Waals surface area (Å²) < 4.78 is 2.07. The molecule has 0 spiro atoms. The van der Waals surface area contributed by atoms with Crippen LogP contribution in [0.1, 0.15) is 11.1 Å². The summed E-state index contributed by atoms with van der Waals surface area (Å²) in [6.07, 6.45) is 0.904. The lowest BCUT2D eigenvalue weighted by Crippen LogP contribution is -2.05. The summed E-state index contributed by atoms with van der Waals surface area (Å²) in [5.74, 6) is 0.569. The van der Waals surface area contributed by atoms with Crippen molar-refractivity contribution in [2.75, 3.05) is 5.73 Å². The number of nitrogens with two attached hydrogens (primary N) is 1. The Morgan fingerprint density at radius 3 is 2.65 bits per heavy atom. The molecule has 0 unspecified atom stereocenters. The normalized spacial score (nSPS) is 11.1. The van der Waals surface area contributed by atoms with Crippen LogP contribution in [0.15, 0.2) is 42.5 Å². The standard InChI is InChI=1S/C16H16ClN3/c1-11-2-7-14-15(10-11)20(16(18)19-14)9-8-12-3-5-13(17)6-4-12/h2-7,10H,8-9H2,1H3,(H2,18,19). The molecule has 0 radical (unpaired) electrons. The van der Waals surface area contributed by atoms with E-state index in [2.05, 4.69) is 28.6 Å². The number of hydrogen-bond acceptors (Lipinski definition) is 2. The zero-order valence-corrected chi connectivity index (χ0v) is 12.1. The smallest absolute Gasteiger partial charge is 0.201 e. The van der Waals surface area contributed by atoms with Gasteiger partial charge >= 0.3 is 0 Å². The summed E-state index contributed by atoms with van der Waals surface area (Å²) in [6.45, 7) is 2.89. The van der Waals surface area contributed by atoms with Gasteiger partial charge in [-0.05, 0) is 48.7 Å². The van der Waals surface area contributed by atoms with Crippen molar-refractivity contribution in [1.82, 2.24) is 9.55 Å². The van der Waals surface area contributed by atoms with E-state index in [9.17, 15) is 0 Å². The molecule has 0 aliphatic heterocycles. The van der Waals surface area contributed by atoms with Gasteiger partial charge in [-0.15, -0.1) is 0 Å². The van der Waals surface area contributed by atoms with Gasteiger partial charge in [-0.3, -0.25) is 0 Å². The fraction of sp³-hybridized carbons (Fsp3) is 0.188. The predicted octanol–water partition coefficient (Wildman–Crippen LogP) is 3.82. The average molecular weight is 286 g/mol. The van der Waals surface area contributed by atoms with Gasteiger partial charge in [-0.25, -0.2) is 4.98 Å². The third-order valence-corrected chi connectivity index (χ3v) is 3.72. The summed E-state index contributed by atoms with van der Waals surface area (Å²) in [5, 5.41) is 0.761. The minimum atomic E-state index is 0.569. The molecule has 0 bridgehead atoms. The van der Waals surface area contributed by atoms with Gasteiger partial charge in [0.05, 0.1) is 11.0 Å². The fourth-order valence-electron chi connectivity index (χ4n) is 2.38. The van der Waals surface area contributed by atoms with Gasteiger partial charge in [-0.1, -0.05) is 29.8 Å². The van der Waals surface area contributed by atoms with Gasteiger partial charge < -0.3 is 10.3 Å². The van der Waals surface area contributed by atoms with Crippen LogP contribution in [-0.4, -0.2) is 9.55 Å². The number of rotatable bonds is 3. The lowest BCUT2D eigenvalue weighted by atomic mass is 10.1. The molecule has 0 aliphatic rings. The third-order valence-electron chi connectivity index (χ3n) is 3.47. The summed E-state index contributed by atoms with van der Waals surface area (Å²) >= 11 is 5.90. The lowest BCUT2D eigenvalue weighted by Gasteiger charge is -2.07. The molecule has 20 heavy (non-hydrogen) atoms. The Bertz CT molecular complexity index is 744. The van der Waals surface area contributed by atoms with Crippen LogP contribution in [0.3, 0.4) is 0 Å². The number of imidazole rings is 1. The molecule has 0 saturated heterocycles. The summed E-state index contributed by atoms with van der Waals surface area (Å²) in [6, 6.07) is 14.1. The van der Waals surface area contributed by atoms with E-state index in [1.807, 2.05) is 30.3 Å². The third kappa shape index (κ3) is 2.49. The first-order chi connectivity index (χ1) is 9.63. The van der Waals surface area contributed by atoms with Crippen LogP contribution in [0.4, 0.5) is 5.95 Å². The monoisotopic (exact) mass is 285 g/mol. The van der Waals surface area contributed by atoms with E-state index >= 15 is 0 Å². The number of fused-ring (bicyclic) bond motifs is 1. The maximum absolute atomic E-state index is 6.02. The highest BCUT2D eigenvalue weighted by molar-refractivity contribution is 6.30. The predicted molar refractivity (Wildman–Crippen MR) is 84.0 cm³/mol. The van der Waals surface area contributed by atoms with Crippen molar-refractivity contribution in [3.63, 3.8) is 0 Å². The highest BCUT2D eigenvalue weighted by Crippen LogP contribution is 2.20. The number of aryl methyl sites for hydroxylation is 3. The molecule has 3 rings (SSSR count). The Morgan fingerprint density at radius 1 is 1.15 bits per heavy atom. The van der Waals surface area contributed by atoms with Gasteiger partial charge in [-0.2, -0.15) is 0 Å². The van der Waals surface area contributed by atoms with Crippen LogP contribution in [0.25, 0.3) is 11.0 Å². The molecule has 0 saturated carbocycles. The number of halogens is 1. The fourth-order valence-corrected chi connectivity index (χ4v) is 2.50. The number of nitrogen functional groups attached to an aromatic ring is 1. The van der Waals surface area contributed by atoms with Gasteiger partial charge in [0.15, 0.2) is 0 Å². The molecule has 0 atom stereocenters. The van der Waals surface area contributed by atoms with Crippen LogP contribution in [0, 0.1) is 6.92 Å². The van der Waals surface area contributed by atoms with Crippen molar-refractivity contribution in [1.29, 1.82) is 0 Å². The van der Waals surface area contributed by atoms with Crippen molar-refractivity contribution in [3.05, 3.63) is 58.6 Å². The molecule has 4 heteroatoms. The molecule has 0 amide bonds. The molecule has 3 aromatic rings. The molecular weight excluding hydrogens is 270 g/mol. The van der Waals surface area contributed by atoms with E-state index in [1.54, 1.807) is 0 Å².